The number of amides is 1. The summed E-state index contributed by atoms with van der Waals surface area (Å²) < 4.78 is 27.7. The monoisotopic (exact) mass is 303 g/mol. The number of carbonyl (C=O) groups excluding carboxylic acids is 1. The number of furan rings is 1. The van der Waals surface area contributed by atoms with Crippen molar-refractivity contribution in [2.75, 3.05) is 18.6 Å². The van der Waals surface area contributed by atoms with E-state index in [4.69, 9.17) is 4.42 Å². The maximum Gasteiger partial charge on any atom is 0.287 e. The van der Waals surface area contributed by atoms with E-state index in [1.54, 1.807) is 0 Å². The van der Waals surface area contributed by atoms with Crippen molar-refractivity contribution in [1.29, 1.82) is 0 Å². The number of thioether (sulfide) groups is 1. The molecule has 5 nitrogen and oxygen atoms in total. The van der Waals surface area contributed by atoms with Crippen LogP contribution in [0.1, 0.15) is 30.3 Å². The molecule has 0 radical (unpaired) electrons. The largest absolute Gasteiger partial charge is 0.440 e. The second-order valence-electron chi connectivity index (χ2n) is 4.69. The van der Waals surface area contributed by atoms with E-state index in [-0.39, 0.29) is 21.5 Å². The van der Waals surface area contributed by atoms with E-state index < -0.39 is 9.84 Å². The van der Waals surface area contributed by atoms with Crippen molar-refractivity contribution < 1.29 is 17.6 Å². The average molecular weight is 303 g/mol. The van der Waals surface area contributed by atoms with Gasteiger partial charge in [0.2, 0.25) is 14.9 Å². The highest BCUT2D eigenvalue weighted by molar-refractivity contribution is 8.00. The van der Waals surface area contributed by atoms with E-state index in [1.165, 1.54) is 12.1 Å². The summed E-state index contributed by atoms with van der Waals surface area (Å²) in [6.07, 6.45) is 3.27. The van der Waals surface area contributed by atoms with Crippen LogP contribution in [0, 0.1) is 0 Å². The third-order valence-corrected chi connectivity index (χ3v) is 5.40. The van der Waals surface area contributed by atoms with Crippen LogP contribution in [0.3, 0.4) is 0 Å². The maximum atomic E-state index is 11.9. The van der Waals surface area contributed by atoms with Crippen molar-refractivity contribution in [2.45, 2.75) is 29.6 Å². The molecule has 106 valence electrons. The average Bonchev–Trinajstić information content (AvgIpc) is 2.91. The van der Waals surface area contributed by atoms with E-state index in [2.05, 4.69) is 12.2 Å². The molecule has 0 bridgehead atoms. The van der Waals surface area contributed by atoms with E-state index in [1.807, 2.05) is 11.8 Å². The Kier molecular flexibility index (Phi) is 3.96. The molecule has 1 N–H and O–H groups in total. The van der Waals surface area contributed by atoms with Gasteiger partial charge in [-0.1, -0.05) is 6.92 Å². The third kappa shape index (κ3) is 3.54. The van der Waals surface area contributed by atoms with Gasteiger partial charge in [-0.2, -0.15) is 11.8 Å². The van der Waals surface area contributed by atoms with Gasteiger partial charge in [-0.05, 0) is 30.7 Å². The minimum atomic E-state index is -3.41. The molecule has 1 aromatic rings. The number of carbonyl (C=O) groups is 1. The summed E-state index contributed by atoms with van der Waals surface area (Å²) in [6, 6.07) is 2.69. The van der Waals surface area contributed by atoms with Gasteiger partial charge in [0, 0.05) is 17.5 Å². The van der Waals surface area contributed by atoms with Gasteiger partial charge in [-0.25, -0.2) is 8.42 Å². The zero-order chi connectivity index (χ0) is 14.1. The topological polar surface area (TPSA) is 76.4 Å². The van der Waals surface area contributed by atoms with E-state index >= 15 is 0 Å². The Morgan fingerprint density at radius 2 is 2.16 bits per heavy atom. The summed E-state index contributed by atoms with van der Waals surface area (Å²) in [4.78, 5) is 11.9. The van der Waals surface area contributed by atoms with Crippen LogP contribution in [0.5, 0.6) is 0 Å². The fourth-order valence-corrected chi connectivity index (χ4v) is 3.52. The summed E-state index contributed by atoms with van der Waals surface area (Å²) in [5.41, 5.74) is 0. The smallest absolute Gasteiger partial charge is 0.287 e. The first-order chi connectivity index (χ1) is 8.86. The number of nitrogens with one attached hydrogen (secondary N) is 1. The first-order valence-corrected chi connectivity index (χ1v) is 8.96. The zero-order valence-corrected chi connectivity index (χ0v) is 12.6. The van der Waals surface area contributed by atoms with Gasteiger partial charge in [0.15, 0.2) is 5.76 Å². The van der Waals surface area contributed by atoms with Gasteiger partial charge in [-0.3, -0.25) is 4.79 Å². The number of sulfone groups is 1. The molecule has 0 spiro atoms. The van der Waals surface area contributed by atoms with Crippen molar-refractivity contribution >= 4 is 27.5 Å². The molecular weight excluding hydrogens is 286 g/mol. The van der Waals surface area contributed by atoms with Crippen molar-refractivity contribution in [3.63, 3.8) is 0 Å². The molecule has 1 fully saturated rings. The quantitative estimate of drug-likeness (QED) is 0.865. The summed E-state index contributed by atoms with van der Waals surface area (Å²) in [7, 11) is -3.41. The lowest BCUT2D eigenvalue weighted by atomic mass is 10.3. The summed E-state index contributed by atoms with van der Waals surface area (Å²) >= 11 is 1.85. The van der Waals surface area contributed by atoms with Crippen LogP contribution in [-0.2, 0) is 9.84 Å². The molecule has 1 heterocycles. The minimum absolute atomic E-state index is 0.0396. The first-order valence-electron chi connectivity index (χ1n) is 6.08. The summed E-state index contributed by atoms with van der Waals surface area (Å²) in [6.45, 7) is 2.69. The predicted octanol–water partition coefficient (Wildman–Crippen LogP) is 1.70. The molecule has 0 aromatic carbocycles. The predicted molar refractivity (Wildman–Crippen MR) is 74.2 cm³/mol. The Balaban J connectivity index is 1.95. The lowest BCUT2D eigenvalue weighted by Crippen LogP contribution is -2.31. The maximum absolute atomic E-state index is 11.9. The molecular formula is C12H17NO4S2. The summed E-state index contributed by atoms with van der Waals surface area (Å²) in [5.74, 6) is 0.699. The van der Waals surface area contributed by atoms with Crippen LogP contribution >= 0.6 is 11.8 Å². The van der Waals surface area contributed by atoms with Gasteiger partial charge in [0.05, 0.1) is 0 Å². The molecule has 1 aliphatic carbocycles. The molecule has 1 saturated carbocycles. The van der Waals surface area contributed by atoms with Crippen LogP contribution in [-0.4, -0.2) is 37.6 Å². The normalized spacial score (nSPS) is 17.2. The van der Waals surface area contributed by atoms with E-state index in [0.717, 1.165) is 24.9 Å². The van der Waals surface area contributed by atoms with Gasteiger partial charge in [0.1, 0.15) is 0 Å². The second-order valence-corrected chi connectivity index (χ2v) is 8.37. The Labute approximate surface area is 117 Å². The van der Waals surface area contributed by atoms with E-state index in [0.29, 0.717) is 6.54 Å². The van der Waals surface area contributed by atoms with Gasteiger partial charge in [-0.15, -0.1) is 0 Å². The number of rotatable bonds is 6. The molecule has 0 saturated heterocycles. The number of hydrogen-bond acceptors (Lipinski definition) is 5. The Morgan fingerprint density at radius 1 is 1.47 bits per heavy atom. The van der Waals surface area contributed by atoms with Gasteiger partial charge in [0.25, 0.3) is 5.91 Å². The van der Waals surface area contributed by atoms with Crippen molar-refractivity contribution in [2.24, 2.45) is 0 Å². The molecule has 0 atom stereocenters. The SMILES string of the molecule is CCSC1(CNC(=O)c2ccc(S(C)(=O)=O)o2)CC1. The third-order valence-electron chi connectivity index (χ3n) is 3.00. The molecule has 7 heteroatoms. The van der Waals surface area contributed by atoms with Crippen LogP contribution in [0.25, 0.3) is 0 Å². The lowest BCUT2D eigenvalue weighted by Gasteiger charge is -2.13. The Morgan fingerprint density at radius 3 is 2.63 bits per heavy atom. The highest BCUT2D eigenvalue weighted by Gasteiger charge is 2.42. The number of hydrogen-bond donors (Lipinski definition) is 1. The molecule has 0 aliphatic heterocycles. The molecule has 1 aliphatic rings. The van der Waals surface area contributed by atoms with Gasteiger partial charge < -0.3 is 9.73 Å². The first kappa shape index (κ1) is 14.5. The van der Waals surface area contributed by atoms with Crippen LogP contribution in [0.4, 0.5) is 0 Å². The van der Waals surface area contributed by atoms with Crippen molar-refractivity contribution in [3.05, 3.63) is 17.9 Å². The van der Waals surface area contributed by atoms with Crippen LogP contribution < -0.4 is 5.32 Å². The fraction of sp³-hybridized carbons (Fsp3) is 0.583. The lowest BCUT2D eigenvalue weighted by molar-refractivity contribution is 0.0920. The Bertz CT molecular complexity index is 572. The van der Waals surface area contributed by atoms with Crippen LogP contribution in [0.2, 0.25) is 0 Å². The molecule has 19 heavy (non-hydrogen) atoms. The zero-order valence-electron chi connectivity index (χ0n) is 10.9. The minimum Gasteiger partial charge on any atom is -0.440 e. The summed E-state index contributed by atoms with van der Waals surface area (Å²) in [5, 5.41) is 2.62. The van der Waals surface area contributed by atoms with Gasteiger partial charge >= 0.3 is 0 Å². The molecule has 2 rings (SSSR count). The second kappa shape index (κ2) is 5.20. The van der Waals surface area contributed by atoms with Crippen molar-refractivity contribution in [1.82, 2.24) is 5.32 Å². The molecule has 1 amide bonds. The van der Waals surface area contributed by atoms with E-state index in [9.17, 15) is 13.2 Å². The fourth-order valence-electron chi connectivity index (χ4n) is 1.79. The Hall–Kier alpha value is -0.950. The van der Waals surface area contributed by atoms with Crippen LogP contribution in [0.15, 0.2) is 21.6 Å². The van der Waals surface area contributed by atoms with Crippen molar-refractivity contribution in [3.8, 4) is 0 Å². The molecule has 1 aromatic heterocycles. The highest BCUT2D eigenvalue weighted by atomic mass is 32.2. The standard InChI is InChI=1S/C12H17NO4S2/c1-3-18-12(6-7-12)8-13-11(14)9-4-5-10(17-9)19(2,15)16/h4-5H,3,6-8H2,1-2H3,(H,13,14). The molecule has 0 unspecified atom stereocenters. The highest BCUT2D eigenvalue weighted by Crippen LogP contribution is 2.47.